The quantitative estimate of drug-likeness (QED) is 0.540. The van der Waals surface area contributed by atoms with Crippen molar-refractivity contribution in [3.63, 3.8) is 0 Å². The molecule has 1 aromatic heterocycles. The first-order valence-electron chi connectivity index (χ1n) is 10.5. The predicted octanol–water partition coefficient (Wildman–Crippen LogP) is 4.95. The molecule has 2 N–H and O–H groups in total. The minimum absolute atomic E-state index is 0.267. The SMILES string of the molecule is Cc1ccc(CNC(=O)c2oc3c(c2C)/C(=N/NC(=O)c2ccccc2Cl)CCC3)cc1. The van der Waals surface area contributed by atoms with Crippen LogP contribution in [-0.2, 0) is 13.0 Å². The molecule has 0 bridgehead atoms. The van der Waals surface area contributed by atoms with E-state index in [0.29, 0.717) is 29.3 Å². The number of carbonyl (C=O) groups excluding carboxylic acids is 2. The monoisotopic (exact) mass is 449 g/mol. The fourth-order valence-corrected chi connectivity index (χ4v) is 4.01. The van der Waals surface area contributed by atoms with Crippen molar-refractivity contribution < 1.29 is 14.0 Å². The van der Waals surface area contributed by atoms with Gasteiger partial charge in [0.2, 0.25) is 0 Å². The molecule has 0 fully saturated rings. The number of rotatable bonds is 5. The Morgan fingerprint density at radius 2 is 1.78 bits per heavy atom. The molecular formula is C25H24ClN3O3. The van der Waals surface area contributed by atoms with Crippen LogP contribution in [0.15, 0.2) is 58.0 Å². The topological polar surface area (TPSA) is 83.7 Å². The highest BCUT2D eigenvalue weighted by Gasteiger charge is 2.28. The van der Waals surface area contributed by atoms with Gasteiger partial charge in [0.1, 0.15) is 5.76 Å². The number of hydrazone groups is 1. The van der Waals surface area contributed by atoms with E-state index in [1.165, 1.54) is 5.56 Å². The van der Waals surface area contributed by atoms with Crippen LogP contribution in [0.5, 0.6) is 0 Å². The van der Waals surface area contributed by atoms with Crippen molar-refractivity contribution >= 4 is 29.1 Å². The Labute approximate surface area is 191 Å². The second-order valence-corrected chi connectivity index (χ2v) is 8.26. The summed E-state index contributed by atoms with van der Waals surface area (Å²) in [6.07, 6.45) is 2.23. The van der Waals surface area contributed by atoms with Gasteiger partial charge < -0.3 is 9.73 Å². The highest BCUT2D eigenvalue weighted by molar-refractivity contribution is 6.33. The van der Waals surface area contributed by atoms with Crippen LogP contribution in [0.4, 0.5) is 0 Å². The Morgan fingerprint density at radius 1 is 1.03 bits per heavy atom. The number of furan rings is 1. The fraction of sp³-hybridized carbons (Fsp3) is 0.240. The van der Waals surface area contributed by atoms with Gasteiger partial charge in [-0.05, 0) is 44.4 Å². The van der Waals surface area contributed by atoms with Crippen molar-refractivity contribution in [1.82, 2.24) is 10.7 Å². The number of nitrogens with zero attached hydrogens (tertiary/aromatic N) is 1. The van der Waals surface area contributed by atoms with Crippen LogP contribution in [0.2, 0.25) is 5.02 Å². The lowest BCUT2D eigenvalue weighted by Gasteiger charge is -2.13. The summed E-state index contributed by atoms with van der Waals surface area (Å²) in [5.74, 6) is 0.360. The standard InChI is InChI=1S/C25H24ClN3O3/c1-15-10-12-17(13-11-15)14-27-25(31)23-16(2)22-20(8-5-9-21(22)32-23)28-29-24(30)18-6-3-4-7-19(18)26/h3-4,6-7,10-13H,5,8-9,14H2,1-2H3,(H,27,31)(H,29,30)/b28-20+. The zero-order valence-corrected chi connectivity index (χ0v) is 18.8. The smallest absolute Gasteiger partial charge is 0.287 e. The lowest BCUT2D eigenvalue weighted by Crippen LogP contribution is -2.23. The van der Waals surface area contributed by atoms with Gasteiger partial charge in [-0.25, -0.2) is 5.43 Å². The molecule has 2 amide bonds. The third-order valence-electron chi connectivity index (χ3n) is 5.52. The van der Waals surface area contributed by atoms with Crippen LogP contribution in [-0.4, -0.2) is 17.5 Å². The lowest BCUT2D eigenvalue weighted by atomic mass is 9.93. The molecule has 3 aromatic rings. The summed E-state index contributed by atoms with van der Waals surface area (Å²) in [5, 5.41) is 7.63. The molecule has 1 aliphatic rings. The summed E-state index contributed by atoms with van der Waals surface area (Å²) in [6.45, 7) is 4.29. The van der Waals surface area contributed by atoms with Crippen molar-refractivity contribution in [2.45, 2.75) is 39.7 Å². The van der Waals surface area contributed by atoms with Gasteiger partial charge in [0.25, 0.3) is 11.8 Å². The summed E-state index contributed by atoms with van der Waals surface area (Å²) in [7, 11) is 0. The Morgan fingerprint density at radius 3 is 2.53 bits per heavy atom. The van der Waals surface area contributed by atoms with Crippen LogP contribution in [0.3, 0.4) is 0 Å². The minimum Gasteiger partial charge on any atom is -0.455 e. The van der Waals surface area contributed by atoms with Gasteiger partial charge in [0.05, 0.1) is 16.3 Å². The molecule has 0 aliphatic heterocycles. The van der Waals surface area contributed by atoms with E-state index in [-0.39, 0.29) is 17.6 Å². The summed E-state index contributed by atoms with van der Waals surface area (Å²) in [6, 6.07) is 14.8. The van der Waals surface area contributed by atoms with E-state index < -0.39 is 0 Å². The third-order valence-corrected chi connectivity index (χ3v) is 5.85. The van der Waals surface area contributed by atoms with Crippen molar-refractivity contribution in [3.8, 4) is 0 Å². The Kier molecular flexibility index (Phi) is 6.42. The Balaban J connectivity index is 1.51. The van der Waals surface area contributed by atoms with Gasteiger partial charge in [-0.15, -0.1) is 0 Å². The minimum atomic E-state index is -0.382. The Bertz CT molecular complexity index is 1200. The van der Waals surface area contributed by atoms with E-state index in [4.69, 9.17) is 16.0 Å². The van der Waals surface area contributed by atoms with Gasteiger partial charge in [0, 0.05) is 24.1 Å². The van der Waals surface area contributed by atoms with Crippen LogP contribution >= 0.6 is 11.6 Å². The number of benzene rings is 2. The van der Waals surface area contributed by atoms with E-state index in [2.05, 4.69) is 15.8 Å². The second-order valence-electron chi connectivity index (χ2n) is 7.86. The maximum Gasteiger partial charge on any atom is 0.287 e. The highest BCUT2D eigenvalue weighted by Crippen LogP contribution is 2.30. The molecule has 0 unspecified atom stereocenters. The van der Waals surface area contributed by atoms with E-state index in [9.17, 15) is 9.59 Å². The Hall–Kier alpha value is -3.38. The maximum absolute atomic E-state index is 12.8. The molecule has 0 radical (unpaired) electrons. The van der Waals surface area contributed by atoms with Crippen molar-refractivity contribution in [2.24, 2.45) is 5.10 Å². The molecule has 0 saturated carbocycles. The molecule has 7 heteroatoms. The summed E-state index contributed by atoms with van der Waals surface area (Å²) in [5.41, 5.74) is 7.36. The largest absolute Gasteiger partial charge is 0.455 e. The average Bonchev–Trinajstić information content (AvgIpc) is 3.14. The van der Waals surface area contributed by atoms with Crippen LogP contribution in [0.1, 0.15) is 61.8 Å². The van der Waals surface area contributed by atoms with E-state index in [0.717, 1.165) is 35.3 Å². The number of fused-ring (bicyclic) bond motifs is 1. The zero-order valence-electron chi connectivity index (χ0n) is 18.0. The molecule has 32 heavy (non-hydrogen) atoms. The van der Waals surface area contributed by atoms with Crippen molar-refractivity contribution in [3.05, 3.63) is 92.9 Å². The summed E-state index contributed by atoms with van der Waals surface area (Å²) in [4.78, 5) is 25.3. The van der Waals surface area contributed by atoms with Gasteiger partial charge >= 0.3 is 0 Å². The summed E-state index contributed by atoms with van der Waals surface area (Å²) >= 11 is 6.10. The van der Waals surface area contributed by atoms with Crippen molar-refractivity contribution in [2.75, 3.05) is 0 Å². The fourth-order valence-electron chi connectivity index (χ4n) is 3.79. The molecule has 0 spiro atoms. The second kappa shape index (κ2) is 9.40. The van der Waals surface area contributed by atoms with Gasteiger partial charge in [-0.3, -0.25) is 9.59 Å². The number of hydrogen-bond acceptors (Lipinski definition) is 4. The molecule has 4 rings (SSSR count). The molecule has 1 heterocycles. The molecular weight excluding hydrogens is 426 g/mol. The average molecular weight is 450 g/mol. The zero-order chi connectivity index (χ0) is 22.7. The van der Waals surface area contributed by atoms with E-state index >= 15 is 0 Å². The number of halogens is 1. The number of aryl methyl sites for hydroxylation is 2. The van der Waals surface area contributed by atoms with Crippen LogP contribution in [0.25, 0.3) is 0 Å². The molecule has 164 valence electrons. The van der Waals surface area contributed by atoms with E-state index in [1.54, 1.807) is 24.3 Å². The van der Waals surface area contributed by atoms with E-state index in [1.807, 2.05) is 38.1 Å². The first-order valence-corrected chi connectivity index (χ1v) is 10.9. The molecule has 2 aromatic carbocycles. The number of nitrogens with one attached hydrogen (secondary N) is 2. The third kappa shape index (κ3) is 4.60. The van der Waals surface area contributed by atoms with Gasteiger partial charge in [-0.2, -0.15) is 5.10 Å². The van der Waals surface area contributed by atoms with Gasteiger partial charge in [-0.1, -0.05) is 53.6 Å². The molecule has 0 saturated heterocycles. The number of carbonyl (C=O) groups is 2. The van der Waals surface area contributed by atoms with Crippen molar-refractivity contribution in [1.29, 1.82) is 0 Å². The normalized spacial score (nSPS) is 14.2. The molecule has 6 nitrogen and oxygen atoms in total. The summed E-state index contributed by atoms with van der Waals surface area (Å²) < 4.78 is 5.92. The predicted molar refractivity (Wildman–Crippen MR) is 124 cm³/mol. The first kappa shape index (κ1) is 21.8. The number of amides is 2. The van der Waals surface area contributed by atoms with Gasteiger partial charge in [0.15, 0.2) is 5.76 Å². The highest BCUT2D eigenvalue weighted by atomic mass is 35.5. The first-order chi connectivity index (χ1) is 15.4. The number of hydrogen-bond donors (Lipinski definition) is 2. The maximum atomic E-state index is 12.8. The lowest BCUT2D eigenvalue weighted by molar-refractivity contribution is 0.0919. The molecule has 0 atom stereocenters. The van der Waals surface area contributed by atoms with Crippen LogP contribution < -0.4 is 10.7 Å². The molecule has 1 aliphatic carbocycles. The van der Waals surface area contributed by atoms with Crippen LogP contribution in [0, 0.1) is 13.8 Å².